The van der Waals surface area contributed by atoms with Crippen LogP contribution in [0.25, 0.3) is 0 Å². The average Bonchev–Trinajstić information content (AvgIpc) is 2.56. The van der Waals surface area contributed by atoms with Crippen LogP contribution in [0.4, 0.5) is 0 Å². The van der Waals surface area contributed by atoms with E-state index < -0.39 is 11.9 Å². The van der Waals surface area contributed by atoms with Crippen molar-refractivity contribution in [3.05, 3.63) is 53.6 Å². The van der Waals surface area contributed by atoms with Crippen LogP contribution in [-0.4, -0.2) is 31.4 Å². The van der Waals surface area contributed by atoms with Gasteiger partial charge >= 0.3 is 11.9 Å². The molecule has 24 heavy (non-hydrogen) atoms. The van der Waals surface area contributed by atoms with E-state index in [2.05, 4.69) is 13.2 Å². The molecular weight excluding hydrogens is 324 g/mol. The Kier molecular flexibility index (Phi) is 8.33. The number of benzene rings is 1. The lowest BCUT2D eigenvalue weighted by Crippen LogP contribution is -2.12. The van der Waals surface area contributed by atoms with Crippen molar-refractivity contribution in [1.82, 2.24) is 0 Å². The Hall–Kier alpha value is -2.01. The molecule has 0 aliphatic carbocycles. The SMILES string of the molecule is C=C(Cc1ccc(SC)cc1CC(=C)C(=O)OCC)C(=O)OCC. The largest absolute Gasteiger partial charge is 0.463 e. The van der Waals surface area contributed by atoms with Crippen molar-refractivity contribution in [2.45, 2.75) is 31.6 Å². The number of carbonyl (C=O) groups is 2. The lowest BCUT2D eigenvalue weighted by Gasteiger charge is -2.13. The first-order valence-corrected chi connectivity index (χ1v) is 9.00. The fraction of sp³-hybridized carbons (Fsp3) is 0.368. The summed E-state index contributed by atoms with van der Waals surface area (Å²) in [6, 6.07) is 5.93. The molecule has 1 rings (SSSR count). The van der Waals surface area contributed by atoms with Gasteiger partial charge < -0.3 is 9.47 Å². The fourth-order valence-electron chi connectivity index (χ4n) is 2.14. The second kappa shape index (κ2) is 9.98. The highest BCUT2D eigenvalue weighted by Crippen LogP contribution is 2.24. The lowest BCUT2D eigenvalue weighted by atomic mass is 9.96. The highest BCUT2D eigenvalue weighted by atomic mass is 32.2. The van der Waals surface area contributed by atoms with Gasteiger partial charge in [-0.3, -0.25) is 0 Å². The van der Waals surface area contributed by atoms with Crippen LogP contribution in [0.5, 0.6) is 0 Å². The topological polar surface area (TPSA) is 52.6 Å². The summed E-state index contributed by atoms with van der Waals surface area (Å²) < 4.78 is 9.97. The predicted molar refractivity (Wildman–Crippen MR) is 97.2 cm³/mol. The summed E-state index contributed by atoms with van der Waals surface area (Å²) in [4.78, 5) is 24.7. The van der Waals surface area contributed by atoms with E-state index in [0.717, 1.165) is 16.0 Å². The average molecular weight is 348 g/mol. The van der Waals surface area contributed by atoms with Crippen molar-refractivity contribution in [2.75, 3.05) is 19.5 Å². The van der Waals surface area contributed by atoms with Crippen molar-refractivity contribution < 1.29 is 19.1 Å². The number of thioether (sulfide) groups is 1. The third-order valence-corrected chi connectivity index (χ3v) is 4.07. The minimum atomic E-state index is -0.401. The Balaban J connectivity index is 2.99. The number of hydrogen-bond donors (Lipinski definition) is 0. The second-order valence-corrected chi connectivity index (χ2v) is 6.02. The Bertz CT molecular complexity index is 634. The predicted octanol–water partition coefficient (Wildman–Crippen LogP) is 3.73. The van der Waals surface area contributed by atoms with E-state index in [1.165, 1.54) is 0 Å². The zero-order valence-electron chi connectivity index (χ0n) is 14.5. The molecule has 0 bridgehead atoms. The summed E-state index contributed by atoms with van der Waals surface area (Å²) in [6.45, 7) is 11.8. The maximum atomic E-state index is 11.8. The standard InChI is InChI=1S/C19H24O4S/c1-6-22-18(20)13(3)10-15-8-9-17(24-5)12-16(15)11-14(4)19(21)23-7-2/h8-9,12H,3-4,6-7,10-11H2,1-2,5H3. The first-order chi connectivity index (χ1) is 11.4. The van der Waals surface area contributed by atoms with Gasteiger partial charge in [-0.15, -0.1) is 11.8 Å². The highest BCUT2D eigenvalue weighted by molar-refractivity contribution is 7.98. The number of carbonyl (C=O) groups excluding carboxylic acids is 2. The van der Waals surface area contributed by atoms with Crippen LogP contribution < -0.4 is 0 Å². The van der Waals surface area contributed by atoms with E-state index in [4.69, 9.17) is 9.47 Å². The molecule has 0 amide bonds. The van der Waals surface area contributed by atoms with Gasteiger partial charge in [0.1, 0.15) is 0 Å². The molecule has 130 valence electrons. The molecular formula is C19H24O4S. The third kappa shape index (κ3) is 5.89. The quantitative estimate of drug-likeness (QED) is 0.387. The van der Waals surface area contributed by atoms with Gasteiger partial charge in [-0.2, -0.15) is 0 Å². The van der Waals surface area contributed by atoms with Gasteiger partial charge in [-0.05, 0) is 43.4 Å². The number of hydrogen-bond acceptors (Lipinski definition) is 5. The molecule has 1 aromatic carbocycles. The van der Waals surface area contributed by atoms with Crippen LogP contribution in [0.3, 0.4) is 0 Å². The molecule has 1 aromatic rings. The third-order valence-electron chi connectivity index (χ3n) is 3.35. The first kappa shape index (κ1) is 20.0. The summed E-state index contributed by atoms with van der Waals surface area (Å²) in [5.41, 5.74) is 2.64. The molecule has 5 heteroatoms. The normalized spacial score (nSPS) is 10.1. The summed E-state index contributed by atoms with van der Waals surface area (Å²) in [5, 5.41) is 0. The minimum Gasteiger partial charge on any atom is -0.463 e. The summed E-state index contributed by atoms with van der Waals surface area (Å²) in [7, 11) is 0. The molecule has 0 saturated heterocycles. The van der Waals surface area contributed by atoms with Gasteiger partial charge in [-0.1, -0.05) is 19.2 Å². The Morgan fingerprint density at radius 1 is 0.958 bits per heavy atom. The molecule has 0 atom stereocenters. The zero-order chi connectivity index (χ0) is 18.1. The Morgan fingerprint density at radius 3 is 1.92 bits per heavy atom. The van der Waals surface area contributed by atoms with E-state index in [1.54, 1.807) is 25.6 Å². The molecule has 4 nitrogen and oxygen atoms in total. The summed E-state index contributed by atoms with van der Waals surface area (Å²) in [6.07, 6.45) is 2.73. The summed E-state index contributed by atoms with van der Waals surface area (Å²) >= 11 is 1.61. The highest BCUT2D eigenvalue weighted by Gasteiger charge is 2.15. The summed E-state index contributed by atoms with van der Waals surface area (Å²) in [5.74, 6) is -0.802. The van der Waals surface area contributed by atoms with Crippen molar-refractivity contribution >= 4 is 23.7 Å². The molecule has 0 saturated carbocycles. The van der Waals surface area contributed by atoms with Crippen LogP contribution >= 0.6 is 11.8 Å². The lowest BCUT2D eigenvalue weighted by molar-refractivity contribution is -0.139. The van der Waals surface area contributed by atoms with Gasteiger partial charge in [-0.25, -0.2) is 9.59 Å². The molecule has 0 fully saturated rings. The van der Waals surface area contributed by atoms with Gasteiger partial charge in [0.25, 0.3) is 0 Å². The molecule has 0 N–H and O–H groups in total. The molecule has 0 heterocycles. The van der Waals surface area contributed by atoms with E-state index >= 15 is 0 Å². The Morgan fingerprint density at radius 2 is 1.46 bits per heavy atom. The minimum absolute atomic E-state index is 0.315. The van der Waals surface area contributed by atoms with Gasteiger partial charge in [0.05, 0.1) is 13.2 Å². The number of esters is 2. The smallest absolute Gasteiger partial charge is 0.333 e. The maximum Gasteiger partial charge on any atom is 0.333 e. The zero-order valence-corrected chi connectivity index (χ0v) is 15.3. The van der Waals surface area contributed by atoms with E-state index in [-0.39, 0.29) is 0 Å². The molecule has 0 aromatic heterocycles. The van der Waals surface area contributed by atoms with Crippen LogP contribution in [0.2, 0.25) is 0 Å². The molecule has 0 radical (unpaired) electrons. The van der Waals surface area contributed by atoms with Crippen LogP contribution in [0.1, 0.15) is 25.0 Å². The number of rotatable bonds is 9. The fourth-order valence-corrected chi connectivity index (χ4v) is 2.60. The van der Waals surface area contributed by atoms with Gasteiger partial charge in [0.2, 0.25) is 0 Å². The van der Waals surface area contributed by atoms with E-state index in [1.807, 2.05) is 24.5 Å². The van der Waals surface area contributed by atoms with Crippen LogP contribution in [0.15, 0.2) is 47.4 Å². The van der Waals surface area contributed by atoms with Crippen LogP contribution in [-0.2, 0) is 31.9 Å². The number of ether oxygens (including phenoxy) is 2. The first-order valence-electron chi connectivity index (χ1n) is 7.78. The van der Waals surface area contributed by atoms with E-state index in [0.29, 0.717) is 37.2 Å². The van der Waals surface area contributed by atoms with Crippen LogP contribution in [0, 0.1) is 0 Å². The molecule has 0 aliphatic heterocycles. The second-order valence-electron chi connectivity index (χ2n) is 5.14. The van der Waals surface area contributed by atoms with Crippen molar-refractivity contribution in [3.63, 3.8) is 0 Å². The van der Waals surface area contributed by atoms with Crippen molar-refractivity contribution in [1.29, 1.82) is 0 Å². The Labute approximate surface area is 147 Å². The molecule has 0 aliphatic rings. The van der Waals surface area contributed by atoms with Crippen molar-refractivity contribution in [3.8, 4) is 0 Å². The van der Waals surface area contributed by atoms with Gasteiger partial charge in [0.15, 0.2) is 0 Å². The van der Waals surface area contributed by atoms with Crippen molar-refractivity contribution in [2.24, 2.45) is 0 Å². The monoisotopic (exact) mass is 348 g/mol. The van der Waals surface area contributed by atoms with E-state index in [9.17, 15) is 9.59 Å². The molecule has 0 unspecified atom stereocenters. The molecule has 0 spiro atoms. The maximum absolute atomic E-state index is 11.8. The van der Waals surface area contributed by atoms with Gasteiger partial charge in [0, 0.05) is 28.9 Å².